The van der Waals surface area contributed by atoms with Crippen molar-refractivity contribution in [1.82, 2.24) is 4.57 Å². The Morgan fingerprint density at radius 2 is 0.688 bits per heavy atom. The molecule has 0 saturated heterocycles. The van der Waals surface area contributed by atoms with Crippen LogP contribution in [0.15, 0.2) is 255 Å². The fraction of sp³-hybridized carbons (Fsp3) is 0. The number of aromatic nitrogens is 1. The second-order valence-corrected chi connectivity index (χ2v) is 16.5. The predicted molar refractivity (Wildman–Crippen MR) is 272 cm³/mol. The van der Waals surface area contributed by atoms with Crippen molar-refractivity contribution in [2.45, 2.75) is 0 Å². The summed E-state index contributed by atoms with van der Waals surface area (Å²) in [6.07, 6.45) is 0. The van der Waals surface area contributed by atoms with E-state index in [-0.39, 0.29) is 0 Å². The first-order valence-electron chi connectivity index (χ1n) is 22.0. The van der Waals surface area contributed by atoms with E-state index in [0.717, 1.165) is 28.3 Å². The molecule has 0 atom stereocenters. The van der Waals surface area contributed by atoms with Gasteiger partial charge in [-0.1, -0.05) is 194 Å². The second-order valence-electron chi connectivity index (χ2n) is 16.5. The van der Waals surface area contributed by atoms with Crippen LogP contribution in [0.25, 0.3) is 93.5 Å². The van der Waals surface area contributed by atoms with Gasteiger partial charge in [-0.3, -0.25) is 0 Å². The zero-order valence-corrected chi connectivity index (χ0v) is 35.1. The Balaban J connectivity index is 0.927. The summed E-state index contributed by atoms with van der Waals surface area (Å²) in [6.45, 7) is 0. The summed E-state index contributed by atoms with van der Waals surface area (Å²) < 4.78 is 2.42. The van der Waals surface area contributed by atoms with Gasteiger partial charge in [0, 0.05) is 33.4 Å². The summed E-state index contributed by atoms with van der Waals surface area (Å²) in [6, 6.07) is 92.6. The van der Waals surface area contributed by atoms with E-state index in [1.54, 1.807) is 0 Å². The number of benzene rings is 11. The van der Waals surface area contributed by atoms with Crippen LogP contribution >= 0.6 is 0 Å². The maximum Gasteiger partial charge on any atom is 0.0541 e. The Morgan fingerprint density at radius 1 is 0.250 bits per heavy atom. The van der Waals surface area contributed by atoms with Gasteiger partial charge in [-0.05, 0) is 121 Å². The van der Waals surface area contributed by atoms with Crippen LogP contribution in [0.3, 0.4) is 0 Å². The minimum absolute atomic E-state index is 1.09. The van der Waals surface area contributed by atoms with Crippen molar-refractivity contribution in [3.8, 4) is 50.2 Å². The van der Waals surface area contributed by atoms with Crippen molar-refractivity contribution >= 4 is 60.4 Å². The molecular weight excluding hydrogens is 773 g/mol. The molecule has 2 nitrogen and oxygen atoms in total. The Kier molecular flexibility index (Phi) is 9.20. The number of fused-ring (bicyclic) bond motifs is 6. The highest BCUT2D eigenvalue weighted by molar-refractivity contribution is 6.10. The molecule has 300 valence electrons. The van der Waals surface area contributed by atoms with Crippen LogP contribution in [0.5, 0.6) is 0 Å². The van der Waals surface area contributed by atoms with Crippen LogP contribution in [-0.2, 0) is 0 Å². The molecule has 0 aliphatic heterocycles. The van der Waals surface area contributed by atoms with Gasteiger partial charge in [0.25, 0.3) is 0 Å². The lowest BCUT2D eigenvalue weighted by Crippen LogP contribution is -2.09. The number of para-hydroxylation sites is 3. The largest absolute Gasteiger partial charge is 0.311 e. The minimum Gasteiger partial charge on any atom is -0.311 e. The number of nitrogens with zero attached hydrogens (tertiary/aromatic N) is 2. The van der Waals surface area contributed by atoms with E-state index in [9.17, 15) is 0 Å². The average molecular weight is 815 g/mol. The molecule has 11 aromatic carbocycles. The Hall–Kier alpha value is -8.46. The van der Waals surface area contributed by atoms with Crippen LogP contribution < -0.4 is 4.90 Å². The smallest absolute Gasteiger partial charge is 0.0541 e. The van der Waals surface area contributed by atoms with Crippen molar-refractivity contribution in [3.63, 3.8) is 0 Å². The molecule has 0 amide bonds. The van der Waals surface area contributed by atoms with Gasteiger partial charge in [-0.2, -0.15) is 0 Å². The standard InChI is InChI=1S/C62H42N2/c1-2-14-43(15-3-1)44-28-35-50(36-29-44)63(51-37-30-45(31-38-51)48-34-41-55-49(42-48)27-26-46-16-4-5-17-53(46)55)52-39-32-47(33-40-52)54-18-6-7-19-56(54)57-20-8-11-23-60(57)64-61-24-12-9-21-58(61)59-22-10-13-25-62(59)64/h1-42H. The van der Waals surface area contributed by atoms with Gasteiger partial charge in [0.1, 0.15) is 0 Å². The Morgan fingerprint density at radius 3 is 1.34 bits per heavy atom. The molecule has 0 aliphatic rings. The van der Waals surface area contributed by atoms with Crippen molar-refractivity contribution in [1.29, 1.82) is 0 Å². The Labute approximate surface area is 373 Å². The van der Waals surface area contributed by atoms with Crippen LogP contribution in [0.4, 0.5) is 17.1 Å². The van der Waals surface area contributed by atoms with Crippen molar-refractivity contribution in [2.24, 2.45) is 0 Å². The molecule has 64 heavy (non-hydrogen) atoms. The third kappa shape index (κ3) is 6.52. The zero-order valence-electron chi connectivity index (χ0n) is 35.1. The fourth-order valence-electron chi connectivity index (χ4n) is 9.71. The number of rotatable bonds is 8. The molecular formula is C62H42N2. The summed E-state index contributed by atoms with van der Waals surface area (Å²) in [5, 5.41) is 7.59. The molecule has 0 bridgehead atoms. The topological polar surface area (TPSA) is 8.17 Å². The first kappa shape index (κ1) is 37.3. The molecule has 0 N–H and O–H groups in total. The van der Waals surface area contributed by atoms with Gasteiger partial charge < -0.3 is 9.47 Å². The maximum atomic E-state index is 2.42. The van der Waals surface area contributed by atoms with Gasteiger partial charge in [0.2, 0.25) is 0 Å². The monoisotopic (exact) mass is 814 g/mol. The highest BCUT2D eigenvalue weighted by Crippen LogP contribution is 2.42. The molecule has 0 radical (unpaired) electrons. The predicted octanol–water partition coefficient (Wildman–Crippen LogP) is 17.2. The minimum atomic E-state index is 1.09. The van der Waals surface area contributed by atoms with Crippen molar-refractivity contribution < 1.29 is 0 Å². The summed E-state index contributed by atoms with van der Waals surface area (Å²) in [4.78, 5) is 2.36. The normalized spacial score (nSPS) is 11.4. The molecule has 12 aromatic rings. The molecule has 1 heterocycles. The van der Waals surface area contributed by atoms with E-state index in [2.05, 4.69) is 264 Å². The molecule has 12 rings (SSSR count). The van der Waals surface area contributed by atoms with Crippen LogP contribution in [-0.4, -0.2) is 4.57 Å². The van der Waals surface area contributed by atoms with Gasteiger partial charge in [0.05, 0.1) is 16.7 Å². The maximum absolute atomic E-state index is 2.42. The summed E-state index contributed by atoms with van der Waals surface area (Å²) in [5.41, 5.74) is 16.4. The first-order chi connectivity index (χ1) is 31.7. The molecule has 0 fully saturated rings. The quantitative estimate of drug-likeness (QED) is 0.139. The highest BCUT2D eigenvalue weighted by atomic mass is 15.1. The SMILES string of the molecule is c1ccc(-c2ccc(N(c3ccc(-c4ccc5c(ccc6ccccc65)c4)cc3)c3ccc(-c4ccccc4-c4ccccc4-n4c5ccccc5c5ccccc54)cc3)cc2)cc1. The third-order valence-electron chi connectivity index (χ3n) is 12.8. The van der Waals surface area contributed by atoms with Gasteiger partial charge in [0.15, 0.2) is 0 Å². The van der Waals surface area contributed by atoms with Crippen LogP contribution in [0.2, 0.25) is 0 Å². The zero-order chi connectivity index (χ0) is 42.4. The molecule has 0 unspecified atom stereocenters. The van der Waals surface area contributed by atoms with Gasteiger partial charge >= 0.3 is 0 Å². The number of anilines is 3. The lowest BCUT2D eigenvalue weighted by Gasteiger charge is -2.26. The molecule has 0 spiro atoms. The van der Waals surface area contributed by atoms with E-state index in [0.29, 0.717) is 0 Å². The third-order valence-corrected chi connectivity index (χ3v) is 12.8. The fourth-order valence-corrected chi connectivity index (χ4v) is 9.71. The van der Waals surface area contributed by atoms with E-state index in [4.69, 9.17) is 0 Å². The Bertz CT molecular complexity index is 3580. The van der Waals surface area contributed by atoms with E-state index in [1.165, 1.54) is 82.3 Å². The second kappa shape index (κ2) is 15.8. The van der Waals surface area contributed by atoms with Crippen molar-refractivity contribution in [3.05, 3.63) is 255 Å². The van der Waals surface area contributed by atoms with E-state index >= 15 is 0 Å². The van der Waals surface area contributed by atoms with Gasteiger partial charge in [-0.25, -0.2) is 0 Å². The number of hydrogen-bond acceptors (Lipinski definition) is 1. The first-order valence-corrected chi connectivity index (χ1v) is 22.0. The molecule has 2 heteroatoms. The molecule has 0 aliphatic carbocycles. The van der Waals surface area contributed by atoms with Crippen LogP contribution in [0, 0.1) is 0 Å². The number of hydrogen-bond donors (Lipinski definition) is 0. The van der Waals surface area contributed by atoms with Crippen LogP contribution in [0.1, 0.15) is 0 Å². The summed E-state index contributed by atoms with van der Waals surface area (Å²) >= 11 is 0. The lowest BCUT2D eigenvalue weighted by molar-refractivity contribution is 1.18. The average Bonchev–Trinajstić information content (AvgIpc) is 3.71. The van der Waals surface area contributed by atoms with Crippen molar-refractivity contribution in [2.75, 3.05) is 4.90 Å². The lowest BCUT2D eigenvalue weighted by atomic mass is 9.93. The molecule has 1 aromatic heterocycles. The molecule has 0 saturated carbocycles. The van der Waals surface area contributed by atoms with E-state index in [1.807, 2.05) is 0 Å². The van der Waals surface area contributed by atoms with Gasteiger partial charge in [-0.15, -0.1) is 0 Å². The highest BCUT2D eigenvalue weighted by Gasteiger charge is 2.19. The summed E-state index contributed by atoms with van der Waals surface area (Å²) in [7, 11) is 0. The van der Waals surface area contributed by atoms with E-state index < -0.39 is 0 Å². The summed E-state index contributed by atoms with van der Waals surface area (Å²) in [5.74, 6) is 0.